The molecule has 0 fully saturated rings. The van der Waals surface area contributed by atoms with Crippen molar-refractivity contribution < 1.29 is 5.21 Å². The third-order valence-electron chi connectivity index (χ3n) is 3.96. The topological polar surface area (TPSA) is 66.8 Å². The molecule has 0 aliphatic rings. The van der Waals surface area contributed by atoms with Crippen LogP contribution in [-0.4, -0.2) is 42.0 Å². The van der Waals surface area contributed by atoms with E-state index in [2.05, 4.69) is 19.0 Å². The highest BCUT2D eigenvalue weighted by molar-refractivity contribution is 5.98. The van der Waals surface area contributed by atoms with Gasteiger partial charge in [-0.2, -0.15) is 4.73 Å². The van der Waals surface area contributed by atoms with E-state index in [1.54, 1.807) is 0 Å². The van der Waals surface area contributed by atoms with E-state index >= 15 is 0 Å². The van der Waals surface area contributed by atoms with Gasteiger partial charge in [0.2, 0.25) is 0 Å². The molecule has 0 bridgehead atoms. The molecular formula is C18H22N4O. The first-order chi connectivity index (χ1) is 11.1. The van der Waals surface area contributed by atoms with Gasteiger partial charge in [-0.15, -0.1) is 0 Å². The molecule has 0 aliphatic carbocycles. The lowest BCUT2D eigenvalue weighted by Crippen LogP contribution is -2.16. The number of pyridine rings is 1. The van der Waals surface area contributed by atoms with E-state index in [1.165, 1.54) is 4.73 Å². The lowest BCUT2D eigenvalue weighted by molar-refractivity contribution is 0.211. The molecule has 0 spiro atoms. The van der Waals surface area contributed by atoms with Crippen molar-refractivity contribution >= 4 is 27.5 Å². The molecule has 3 rings (SSSR count). The maximum atomic E-state index is 10.5. The Morgan fingerprint density at radius 1 is 1.09 bits per heavy atom. The maximum Gasteiger partial charge on any atom is 0.0914 e. The van der Waals surface area contributed by atoms with Gasteiger partial charge in [-0.05, 0) is 45.3 Å². The highest BCUT2D eigenvalue weighted by atomic mass is 16.5. The first kappa shape index (κ1) is 15.4. The molecule has 1 aromatic heterocycles. The number of aromatic nitrogens is 1. The van der Waals surface area contributed by atoms with Crippen LogP contribution in [0.4, 0.5) is 5.69 Å². The van der Waals surface area contributed by atoms with Gasteiger partial charge in [-0.1, -0.05) is 24.3 Å². The second kappa shape index (κ2) is 6.30. The molecule has 0 amide bonds. The van der Waals surface area contributed by atoms with Gasteiger partial charge in [0.1, 0.15) is 0 Å². The van der Waals surface area contributed by atoms with Gasteiger partial charge in [0, 0.05) is 17.6 Å². The summed E-state index contributed by atoms with van der Waals surface area (Å²) < 4.78 is 1.19. The molecule has 0 saturated heterocycles. The summed E-state index contributed by atoms with van der Waals surface area (Å²) in [6.45, 7) is 1.71. The number of fused-ring (bicyclic) bond motifs is 2. The van der Waals surface area contributed by atoms with Gasteiger partial charge in [-0.25, -0.2) is 0 Å². The normalized spacial score (nSPS) is 12.6. The van der Waals surface area contributed by atoms with E-state index in [-0.39, 0.29) is 0 Å². The van der Waals surface area contributed by atoms with Crippen LogP contribution in [0.1, 0.15) is 6.42 Å². The lowest BCUT2D eigenvalue weighted by atomic mass is 10.1. The molecule has 120 valence electrons. The number of hydrogen-bond acceptors (Lipinski definition) is 4. The summed E-state index contributed by atoms with van der Waals surface area (Å²) in [6, 6.07) is 13.3. The second-order valence-electron chi connectivity index (χ2n) is 5.96. The number of nitrogens with zero attached hydrogens (tertiary/aromatic N) is 3. The van der Waals surface area contributed by atoms with E-state index in [0.717, 1.165) is 41.2 Å². The molecule has 3 aromatic rings. The van der Waals surface area contributed by atoms with Crippen molar-refractivity contribution in [1.29, 1.82) is 0 Å². The quantitative estimate of drug-likeness (QED) is 0.337. The van der Waals surface area contributed by atoms with Gasteiger partial charge in [0.05, 0.1) is 21.8 Å². The average Bonchev–Trinajstić information content (AvgIpc) is 2.54. The first-order valence-corrected chi connectivity index (χ1v) is 7.76. The predicted octanol–water partition coefficient (Wildman–Crippen LogP) is 2.47. The van der Waals surface area contributed by atoms with Crippen molar-refractivity contribution in [3.05, 3.63) is 47.8 Å². The summed E-state index contributed by atoms with van der Waals surface area (Å²) in [5, 5.41) is 13.1. The molecule has 0 radical (unpaired) electrons. The Morgan fingerprint density at radius 2 is 1.83 bits per heavy atom. The van der Waals surface area contributed by atoms with Crippen molar-refractivity contribution in [1.82, 2.24) is 9.63 Å². The predicted molar refractivity (Wildman–Crippen MR) is 94.6 cm³/mol. The fourth-order valence-electron chi connectivity index (χ4n) is 2.86. The molecule has 5 nitrogen and oxygen atoms in total. The number of benzene rings is 2. The number of nitrogen functional groups attached to an aromatic ring is 1. The number of para-hydroxylation sites is 1. The summed E-state index contributed by atoms with van der Waals surface area (Å²) in [4.78, 5) is 6.95. The zero-order chi connectivity index (χ0) is 16.4. The second-order valence-corrected chi connectivity index (χ2v) is 5.96. The average molecular weight is 310 g/mol. The smallest absolute Gasteiger partial charge is 0.0914 e. The molecule has 23 heavy (non-hydrogen) atoms. The van der Waals surface area contributed by atoms with E-state index in [1.807, 2.05) is 42.5 Å². The van der Waals surface area contributed by atoms with Crippen LogP contribution in [0.25, 0.3) is 21.8 Å². The largest absolute Gasteiger partial charge is 0.428 e. The van der Waals surface area contributed by atoms with Crippen LogP contribution in [0.2, 0.25) is 0 Å². The van der Waals surface area contributed by atoms with Crippen LogP contribution < -0.4 is 11.1 Å². The summed E-state index contributed by atoms with van der Waals surface area (Å²) in [5.41, 5.74) is 8.21. The van der Waals surface area contributed by atoms with E-state index in [4.69, 9.17) is 10.7 Å². The summed E-state index contributed by atoms with van der Waals surface area (Å²) in [7, 11) is 4.11. The third-order valence-corrected chi connectivity index (χ3v) is 3.96. The van der Waals surface area contributed by atoms with Crippen molar-refractivity contribution in [2.45, 2.75) is 6.42 Å². The molecule has 5 heteroatoms. The summed E-state index contributed by atoms with van der Waals surface area (Å²) in [6.07, 6.45) is 0.976. The van der Waals surface area contributed by atoms with Gasteiger partial charge in [0.25, 0.3) is 0 Å². The molecule has 1 heterocycles. The highest BCUT2D eigenvalue weighted by Gasteiger charge is 2.10. The monoisotopic (exact) mass is 310 g/mol. The highest BCUT2D eigenvalue weighted by Crippen LogP contribution is 2.21. The van der Waals surface area contributed by atoms with Gasteiger partial charge in [0.15, 0.2) is 0 Å². The molecule has 3 N–H and O–H groups in total. The van der Waals surface area contributed by atoms with Crippen LogP contribution in [0.15, 0.2) is 47.5 Å². The molecule has 0 atom stereocenters. The molecular weight excluding hydrogens is 288 g/mol. The van der Waals surface area contributed by atoms with E-state index in [0.29, 0.717) is 11.2 Å². The standard InChI is InChI=1S/C18H22N4O/c1-21(2)12-6-11-20-18-13-7-3-4-9-15(13)22(23)16-10-5-8-14(19)17(16)18/h3-5,7-10,23H,6,11-12,19H2,1-2H3. The zero-order valence-corrected chi connectivity index (χ0v) is 13.5. The fraction of sp³-hybridized carbons (Fsp3) is 0.278. The van der Waals surface area contributed by atoms with E-state index in [9.17, 15) is 5.21 Å². The number of hydrogen-bond donors (Lipinski definition) is 2. The van der Waals surface area contributed by atoms with Crippen molar-refractivity contribution in [2.24, 2.45) is 4.99 Å². The Kier molecular flexibility index (Phi) is 4.21. The number of nitrogens with two attached hydrogens (primary N) is 1. The van der Waals surface area contributed by atoms with E-state index < -0.39 is 0 Å². The lowest BCUT2D eigenvalue weighted by Gasteiger charge is -2.12. The summed E-state index contributed by atoms with van der Waals surface area (Å²) in [5.74, 6) is 0. The summed E-state index contributed by atoms with van der Waals surface area (Å²) >= 11 is 0. The minimum absolute atomic E-state index is 0.627. The van der Waals surface area contributed by atoms with Crippen molar-refractivity contribution in [3.63, 3.8) is 0 Å². The van der Waals surface area contributed by atoms with Crippen molar-refractivity contribution in [2.75, 3.05) is 32.9 Å². The molecule has 0 aliphatic heterocycles. The Morgan fingerprint density at radius 3 is 2.61 bits per heavy atom. The van der Waals surface area contributed by atoms with Gasteiger partial charge >= 0.3 is 0 Å². The van der Waals surface area contributed by atoms with Crippen LogP contribution >= 0.6 is 0 Å². The third kappa shape index (κ3) is 2.87. The number of rotatable bonds is 4. The van der Waals surface area contributed by atoms with Gasteiger partial charge in [-0.3, -0.25) is 4.99 Å². The minimum Gasteiger partial charge on any atom is -0.428 e. The first-order valence-electron chi connectivity index (χ1n) is 7.76. The Balaban J connectivity index is 2.27. The Hall–Kier alpha value is -2.53. The van der Waals surface area contributed by atoms with Crippen LogP contribution in [0.3, 0.4) is 0 Å². The molecule has 2 aromatic carbocycles. The van der Waals surface area contributed by atoms with Crippen LogP contribution in [0, 0.1) is 0 Å². The fourth-order valence-corrected chi connectivity index (χ4v) is 2.86. The van der Waals surface area contributed by atoms with Crippen LogP contribution in [0.5, 0.6) is 0 Å². The minimum atomic E-state index is 0.627. The molecule has 0 saturated carbocycles. The zero-order valence-electron chi connectivity index (χ0n) is 13.5. The number of anilines is 1. The maximum absolute atomic E-state index is 10.5. The van der Waals surface area contributed by atoms with Crippen molar-refractivity contribution in [3.8, 4) is 0 Å². The Bertz CT molecular complexity index is 912. The van der Waals surface area contributed by atoms with Crippen LogP contribution in [-0.2, 0) is 0 Å². The molecule has 0 unspecified atom stereocenters. The van der Waals surface area contributed by atoms with Gasteiger partial charge < -0.3 is 15.8 Å². The SMILES string of the molecule is CN(C)CCCN=c1c2ccccc2n(O)c2cccc(N)c12. The Labute approximate surface area is 135 Å².